The minimum Gasteiger partial charge on any atom is -0.369 e. The zero-order chi connectivity index (χ0) is 20.2. The standard InChI is InChI=1S/C22H25ClN6/c1-16-4-3-5-18(14-16)25-21-20(23)15-24-22(27-21)26-17-6-8-19(9-7-17)29-12-10-28(2)11-13-29/h3-9,14-15H,10-13H2,1-2H3,(H2,24,25,26,27). The molecule has 0 saturated carbocycles. The molecule has 4 rings (SSSR count). The maximum Gasteiger partial charge on any atom is 0.229 e. The molecule has 29 heavy (non-hydrogen) atoms. The molecule has 1 saturated heterocycles. The third kappa shape index (κ3) is 4.96. The molecule has 1 aromatic heterocycles. The number of aryl methyl sites for hydroxylation is 1. The van der Waals surface area contributed by atoms with Gasteiger partial charge in [0.25, 0.3) is 0 Å². The van der Waals surface area contributed by atoms with Crippen molar-refractivity contribution in [3.63, 3.8) is 0 Å². The first-order valence-electron chi connectivity index (χ1n) is 9.74. The Bertz CT molecular complexity index is 967. The predicted molar refractivity (Wildman–Crippen MR) is 121 cm³/mol. The number of nitrogens with zero attached hydrogens (tertiary/aromatic N) is 4. The zero-order valence-corrected chi connectivity index (χ0v) is 17.4. The number of benzene rings is 2. The number of aromatic nitrogens is 2. The van der Waals surface area contributed by atoms with Gasteiger partial charge in [0.1, 0.15) is 5.02 Å². The van der Waals surface area contributed by atoms with E-state index >= 15 is 0 Å². The van der Waals surface area contributed by atoms with Gasteiger partial charge in [0.2, 0.25) is 5.95 Å². The summed E-state index contributed by atoms with van der Waals surface area (Å²) >= 11 is 6.28. The Hall–Kier alpha value is -2.83. The highest BCUT2D eigenvalue weighted by Crippen LogP contribution is 2.26. The van der Waals surface area contributed by atoms with Gasteiger partial charge in [-0.25, -0.2) is 4.98 Å². The highest BCUT2D eigenvalue weighted by Gasteiger charge is 2.14. The van der Waals surface area contributed by atoms with Gasteiger partial charge in [-0.1, -0.05) is 23.7 Å². The third-order valence-corrected chi connectivity index (χ3v) is 5.29. The van der Waals surface area contributed by atoms with E-state index in [1.807, 2.05) is 31.2 Å². The van der Waals surface area contributed by atoms with Crippen LogP contribution in [-0.2, 0) is 0 Å². The molecule has 0 amide bonds. The molecule has 1 fully saturated rings. The minimum atomic E-state index is 0.475. The highest BCUT2D eigenvalue weighted by molar-refractivity contribution is 6.32. The summed E-state index contributed by atoms with van der Waals surface area (Å²) < 4.78 is 0. The van der Waals surface area contributed by atoms with Gasteiger partial charge in [0.05, 0.1) is 6.20 Å². The lowest BCUT2D eigenvalue weighted by molar-refractivity contribution is 0.313. The van der Waals surface area contributed by atoms with Gasteiger partial charge in [0, 0.05) is 43.2 Å². The largest absolute Gasteiger partial charge is 0.369 e. The second-order valence-corrected chi connectivity index (χ2v) is 7.75. The molecular formula is C22H25ClN6. The number of anilines is 5. The lowest BCUT2D eigenvalue weighted by Gasteiger charge is -2.34. The van der Waals surface area contributed by atoms with Crippen LogP contribution in [0.25, 0.3) is 0 Å². The molecule has 2 heterocycles. The Labute approximate surface area is 176 Å². The van der Waals surface area contributed by atoms with Gasteiger partial charge < -0.3 is 20.4 Å². The van der Waals surface area contributed by atoms with Crippen LogP contribution in [0.1, 0.15) is 5.56 Å². The van der Waals surface area contributed by atoms with Crippen molar-refractivity contribution in [3.05, 3.63) is 65.3 Å². The molecule has 0 spiro atoms. The van der Waals surface area contributed by atoms with Crippen LogP contribution >= 0.6 is 11.6 Å². The number of hydrogen-bond donors (Lipinski definition) is 2. The topological polar surface area (TPSA) is 56.3 Å². The van der Waals surface area contributed by atoms with Crippen molar-refractivity contribution in [2.45, 2.75) is 6.92 Å². The van der Waals surface area contributed by atoms with Crippen molar-refractivity contribution in [2.24, 2.45) is 0 Å². The zero-order valence-electron chi connectivity index (χ0n) is 16.7. The Morgan fingerprint density at radius 1 is 0.931 bits per heavy atom. The molecule has 0 unspecified atom stereocenters. The van der Waals surface area contributed by atoms with Gasteiger partial charge in [-0.2, -0.15) is 4.98 Å². The first kappa shape index (κ1) is 19.5. The summed E-state index contributed by atoms with van der Waals surface area (Å²) in [6.07, 6.45) is 1.60. The molecule has 150 valence electrons. The fourth-order valence-corrected chi connectivity index (χ4v) is 3.46. The average molecular weight is 409 g/mol. The van der Waals surface area contributed by atoms with Crippen molar-refractivity contribution in [1.29, 1.82) is 0 Å². The van der Waals surface area contributed by atoms with Gasteiger partial charge in [-0.05, 0) is 55.9 Å². The normalized spacial score (nSPS) is 14.7. The molecule has 3 aromatic rings. The van der Waals surface area contributed by atoms with Crippen LogP contribution in [-0.4, -0.2) is 48.1 Å². The first-order valence-corrected chi connectivity index (χ1v) is 10.1. The van der Waals surface area contributed by atoms with E-state index < -0.39 is 0 Å². The van der Waals surface area contributed by atoms with Crippen LogP contribution in [0.2, 0.25) is 5.02 Å². The summed E-state index contributed by atoms with van der Waals surface area (Å²) in [5, 5.41) is 6.99. The van der Waals surface area contributed by atoms with Crippen LogP contribution in [0, 0.1) is 6.92 Å². The molecule has 6 nitrogen and oxygen atoms in total. The maximum absolute atomic E-state index is 6.28. The smallest absolute Gasteiger partial charge is 0.229 e. The van der Waals surface area contributed by atoms with E-state index in [9.17, 15) is 0 Å². The van der Waals surface area contributed by atoms with Crippen molar-refractivity contribution >= 4 is 40.4 Å². The van der Waals surface area contributed by atoms with E-state index in [1.54, 1.807) is 6.20 Å². The van der Waals surface area contributed by atoms with E-state index in [4.69, 9.17) is 11.6 Å². The SMILES string of the molecule is Cc1cccc(Nc2nc(Nc3ccc(N4CCN(C)CC4)cc3)ncc2Cl)c1. The van der Waals surface area contributed by atoms with Crippen LogP contribution < -0.4 is 15.5 Å². The molecule has 7 heteroatoms. The van der Waals surface area contributed by atoms with Crippen LogP contribution in [0.4, 0.5) is 28.8 Å². The molecule has 1 aliphatic heterocycles. The quantitative estimate of drug-likeness (QED) is 0.639. The van der Waals surface area contributed by atoms with E-state index in [-0.39, 0.29) is 0 Å². The Morgan fingerprint density at radius 2 is 1.69 bits per heavy atom. The maximum atomic E-state index is 6.28. The monoisotopic (exact) mass is 408 g/mol. The van der Waals surface area contributed by atoms with Crippen molar-refractivity contribution in [1.82, 2.24) is 14.9 Å². The summed E-state index contributed by atoms with van der Waals surface area (Å²) in [6.45, 7) is 6.34. The van der Waals surface area contributed by atoms with E-state index in [1.165, 1.54) is 11.3 Å². The van der Waals surface area contributed by atoms with Gasteiger partial charge in [0.15, 0.2) is 5.82 Å². The number of halogens is 1. The fourth-order valence-electron chi connectivity index (χ4n) is 3.32. The molecular weight excluding hydrogens is 384 g/mol. The van der Waals surface area contributed by atoms with Gasteiger partial charge in [-0.15, -0.1) is 0 Å². The lowest BCUT2D eigenvalue weighted by Crippen LogP contribution is -2.44. The highest BCUT2D eigenvalue weighted by atomic mass is 35.5. The average Bonchev–Trinajstić information content (AvgIpc) is 2.72. The van der Waals surface area contributed by atoms with Crippen LogP contribution in [0.5, 0.6) is 0 Å². The molecule has 0 atom stereocenters. The van der Waals surface area contributed by atoms with Crippen molar-refractivity contribution in [3.8, 4) is 0 Å². The number of likely N-dealkylation sites (N-methyl/N-ethyl adjacent to an activating group) is 1. The summed E-state index contributed by atoms with van der Waals surface area (Å²) in [7, 11) is 2.17. The number of piperazine rings is 1. The summed E-state index contributed by atoms with van der Waals surface area (Å²) in [6, 6.07) is 16.4. The fraction of sp³-hybridized carbons (Fsp3) is 0.273. The lowest BCUT2D eigenvalue weighted by atomic mass is 10.2. The first-order chi connectivity index (χ1) is 14.1. The molecule has 0 bridgehead atoms. The van der Waals surface area contributed by atoms with Crippen LogP contribution in [0.3, 0.4) is 0 Å². The van der Waals surface area contributed by atoms with Crippen molar-refractivity contribution < 1.29 is 0 Å². The Morgan fingerprint density at radius 3 is 2.41 bits per heavy atom. The van der Waals surface area contributed by atoms with Crippen molar-refractivity contribution in [2.75, 3.05) is 48.8 Å². The number of rotatable bonds is 5. The van der Waals surface area contributed by atoms with Gasteiger partial charge >= 0.3 is 0 Å². The van der Waals surface area contributed by atoms with E-state index in [0.29, 0.717) is 16.8 Å². The minimum absolute atomic E-state index is 0.475. The van der Waals surface area contributed by atoms with Crippen LogP contribution in [0.15, 0.2) is 54.7 Å². The summed E-state index contributed by atoms with van der Waals surface area (Å²) in [5.74, 6) is 1.07. The van der Waals surface area contributed by atoms with E-state index in [0.717, 1.165) is 37.6 Å². The van der Waals surface area contributed by atoms with E-state index in [2.05, 4.69) is 61.7 Å². The Balaban J connectivity index is 1.45. The molecule has 1 aliphatic rings. The molecule has 2 aromatic carbocycles. The van der Waals surface area contributed by atoms with Gasteiger partial charge in [-0.3, -0.25) is 0 Å². The predicted octanol–water partition coefficient (Wildman–Crippen LogP) is 4.68. The summed E-state index contributed by atoms with van der Waals surface area (Å²) in [4.78, 5) is 13.6. The number of hydrogen-bond acceptors (Lipinski definition) is 6. The Kier molecular flexibility index (Phi) is 5.83. The molecule has 0 aliphatic carbocycles. The number of nitrogens with one attached hydrogen (secondary N) is 2. The summed E-state index contributed by atoms with van der Waals surface area (Å²) in [5.41, 5.74) is 4.28. The second-order valence-electron chi connectivity index (χ2n) is 7.35. The molecule has 2 N–H and O–H groups in total. The third-order valence-electron chi connectivity index (χ3n) is 5.02. The molecule has 0 radical (unpaired) electrons. The second kappa shape index (κ2) is 8.68.